The summed E-state index contributed by atoms with van der Waals surface area (Å²) in [6, 6.07) is 0. The molecule has 0 spiro atoms. The van der Waals surface area contributed by atoms with Gasteiger partial charge in [-0.25, -0.2) is 0 Å². The normalized spacial score (nSPS) is 23.0. The third-order valence-corrected chi connectivity index (χ3v) is 2.61. The molecule has 0 aromatic heterocycles. The molecule has 0 aliphatic carbocycles. The van der Waals surface area contributed by atoms with Crippen LogP contribution in [-0.4, -0.2) is 19.0 Å². The van der Waals surface area contributed by atoms with Crippen LogP contribution in [0.1, 0.15) is 45.4 Å². The first-order valence-corrected chi connectivity index (χ1v) is 5.42. The summed E-state index contributed by atoms with van der Waals surface area (Å²) in [6.45, 7) is 3.85. The minimum Gasteiger partial charge on any atom is -0.381 e. The van der Waals surface area contributed by atoms with Gasteiger partial charge in [0, 0.05) is 26.1 Å². The molecule has 0 N–H and O–H groups in total. The lowest BCUT2D eigenvalue weighted by Gasteiger charge is -2.21. The van der Waals surface area contributed by atoms with E-state index in [1.54, 1.807) is 0 Å². The first-order chi connectivity index (χ1) is 6.33. The van der Waals surface area contributed by atoms with Crippen molar-refractivity contribution in [1.82, 2.24) is 0 Å². The van der Waals surface area contributed by atoms with Crippen LogP contribution in [0.15, 0.2) is 0 Å². The van der Waals surface area contributed by atoms with Crippen LogP contribution in [0.3, 0.4) is 0 Å². The second-order valence-electron chi connectivity index (χ2n) is 3.91. The largest absolute Gasteiger partial charge is 0.381 e. The Morgan fingerprint density at radius 3 is 2.92 bits per heavy atom. The van der Waals surface area contributed by atoms with Gasteiger partial charge in [0.1, 0.15) is 5.78 Å². The Morgan fingerprint density at radius 2 is 2.31 bits per heavy atom. The zero-order valence-corrected chi connectivity index (χ0v) is 8.55. The van der Waals surface area contributed by atoms with Crippen LogP contribution in [0.5, 0.6) is 0 Å². The van der Waals surface area contributed by atoms with Crippen LogP contribution in [0.4, 0.5) is 0 Å². The van der Waals surface area contributed by atoms with Crippen LogP contribution in [0.2, 0.25) is 0 Å². The molecule has 2 heteroatoms. The minimum atomic E-state index is 0.424. The average Bonchev–Trinajstić information content (AvgIpc) is 2.17. The van der Waals surface area contributed by atoms with Crippen molar-refractivity contribution >= 4 is 5.78 Å². The molecule has 0 aromatic carbocycles. The maximum absolute atomic E-state index is 11.2. The van der Waals surface area contributed by atoms with Crippen LogP contribution in [-0.2, 0) is 9.53 Å². The molecule has 1 rings (SSSR count). The van der Waals surface area contributed by atoms with Crippen molar-refractivity contribution in [3.05, 3.63) is 0 Å². The fourth-order valence-electron chi connectivity index (χ4n) is 1.80. The molecule has 76 valence electrons. The Hall–Kier alpha value is -0.370. The van der Waals surface area contributed by atoms with Crippen LogP contribution >= 0.6 is 0 Å². The van der Waals surface area contributed by atoms with Crippen LogP contribution in [0.25, 0.3) is 0 Å². The van der Waals surface area contributed by atoms with E-state index in [4.69, 9.17) is 4.74 Å². The maximum Gasteiger partial charge on any atom is 0.132 e. The molecule has 0 amide bonds. The molecule has 1 unspecified atom stereocenters. The van der Waals surface area contributed by atoms with E-state index in [-0.39, 0.29) is 0 Å². The van der Waals surface area contributed by atoms with E-state index in [2.05, 4.69) is 6.92 Å². The molecule has 2 nitrogen and oxygen atoms in total. The predicted molar refractivity (Wildman–Crippen MR) is 52.7 cm³/mol. The predicted octanol–water partition coefficient (Wildman–Crippen LogP) is 2.56. The lowest BCUT2D eigenvalue weighted by atomic mass is 9.95. The highest BCUT2D eigenvalue weighted by Crippen LogP contribution is 2.19. The second-order valence-corrected chi connectivity index (χ2v) is 3.91. The van der Waals surface area contributed by atoms with Gasteiger partial charge < -0.3 is 4.74 Å². The lowest BCUT2D eigenvalue weighted by molar-refractivity contribution is -0.119. The van der Waals surface area contributed by atoms with Gasteiger partial charge in [0.15, 0.2) is 0 Å². The van der Waals surface area contributed by atoms with Crippen molar-refractivity contribution < 1.29 is 9.53 Å². The molecule has 1 fully saturated rings. The number of carbonyl (C=O) groups is 1. The zero-order chi connectivity index (χ0) is 9.52. The quantitative estimate of drug-likeness (QED) is 0.656. The van der Waals surface area contributed by atoms with Crippen LogP contribution < -0.4 is 0 Å². The topological polar surface area (TPSA) is 26.3 Å². The van der Waals surface area contributed by atoms with Gasteiger partial charge in [-0.1, -0.05) is 6.92 Å². The number of ketones is 1. The fraction of sp³-hybridized carbons (Fsp3) is 0.909. The minimum absolute atomic E-state index is 0.424. The Balaban J connectivity index is 2.06. The summed E-state index contributed by atoms with van der Waals surface area (Å²) < 4.78 is 5.36. The molecule has 1 saturated heterocycles. The van der Waals surface area contributed by atoms with E-state index in [9.17, 15) is 4.79 Å². The average molecular weight is 184 g/mol. The summed E-state index contributed by atoms with van der Waals surface area (Å²) in [5.41, 5.74) is 0. The molecule has 0 aromatic rings. The third-order valence-electron chi connectivity index (χ3n) is 2.61. The van der Waals surface area contributed by atoms with Crippen molar-refractivity contribution in [2.45, 2.75) is 45.4 Å². The summed E-state index contributed by atoms with van der Waals surface area (Å²) in [6.07, 6.45) is 5.97. The summed E-state index contributed by atoms with van der Waals surface area (Å²) in [4.78, 5) is 11.2. The van der Waals surface area contributed by atoms with Crippen molar-refractivity contribution in [2.24, 2.45) is 5.92 Å². The van der Waals surface area contributed by atoms with Gasteiger partial charge in [-0.3, -0.25) is 4.79 Å². The molecular formula is C11H20O2. The summed E-state index contributed by atoms with van der Waals surface area (Å²) in [7, 11) is 0. The summed E-state index contributed by atoms with van der Waals surface area (Å²) >= 11 is 0. The Morgan fingerprint density at radius 1 is 1.46 bits per heavy atom. The number of Topliss-reactive ketones (excluding diaryl/α,β-unsaturated/α-hetero) is 1. The fourth-order valence-corrected chi connectivity index (χ4v) is 1.80. The molecule has 1 atom stereocenters. The molecule has 1 aliphatic rings. The van der Waals surface area contributed by atoms with Gasteiger partial charge in [-0.05, 0) is 31.6 Å². The second kappa shape index (κ2) is 6.14. The first-order valence-electron chi connectivity index (χ1n) is 5.42. The highest BCUT2D eigenvalue weighted by atomic mass is 16.5. The monoisotopic (exact) mass is 184 g/mol. The molecule has 13 heavy (non-hydrogen) atoms. The number of ether oxygens (including phenoxy) is 1. The van der Waals surface area contributed by atoms with E-state index < -0.39 is 0 Å². The van der Waals surface area contributed by atoms with E-state index in [1.165, 1.54) is 12.8 Å². The van der Waals surface area contributed by atoms with E-state index in [0.29, 0.717) is 11.7 Å². The number of hydrogen-bond acceptors (Lipinski definition) is 2. The molecule has 0 radical (unpaired) electrons. The highest BCUT2D eigenvalue weighted by molar-refractivity contribution is 5.78. The molecule has 0 bridgehead atoms. The standard InChI is InChI=1S/C11H20O2/c1-2-4-11(12)7-6-10-5-3-8-13-9-10/h10H,2-9H2,1H3. The molecule has 1 heterocycles. The number of carbonyl (C=O) groups excluding carboxylic acids is 1. The Bertz CT molecular complexity index is 148. The van der Waals surface area contributed by atoms with E-state index in [0.717, 1.165) is 38.9 Å². The third kappa shape index (κ3) is 4.41. The van der Waals surface area contributed by atoms with Gasteiger partial charge in [0.05, 0.1) is 0 Å². The number of rotatable bonds is 5. The molecular weight excluding hydrogens is 164 g/mol. The zero-order valence-electron chi connectivity index (χ0n) is 8.55. The van der Waals surface area contributed by atoms with Gasteiger partial charge in [0.2, 0.25) is 0 Å². The van der Waals surface area contributed by atoms with E-state index >= 15 is 0 Å². The highest BCUT2D eigenvalue weighted by Gasteiger charge is 2.14. The van der Waals surface area contributed by atoms with Gasteiger partial charge in [-0.2, -0.15) is 0 Å². The number of hydrogen-bond donors (Lipinski definition) is 0. The van der Waals surface area contributed by atoms with Gasteiger partial charge in [0.25, 0.3) is 0 Å². The summed E-state index contributed by atoms with van der Waals surface area (Å²) in [5.74, 6) is 1.07. The molecule has 1 aliphatic heterocycles. The smallest absolute Gasteiger partial charge is 0.132 e. The van der Waals surface area contributed by atoms with Gasteiger partial charge in [-0.15, -0.1) is 0 Å². The first kappa shape index (κ1) is 10.7. The Kier molecular flexibility index (Phi) is 5.06. The van der Waals surface area contributed by atoms with Crippen molar-refractivity contribution in [3.8, 4) is 0 Å². The summed E-state index contributed by atoms with van der Waals surface area (Å²) in [5, 5.41) is 0. The van der Waals surface area contributed by atoms with Crippen molar-refractivity contribution in [2.75, 3.05) is 13.2 Å². The SMILES string of the molecule is CCCC(=O)CCC1CCCOC1. The van der Waals surface area contributed by atoms with Gasteiger partial charge >= 0.3 is 0 Å². The van der Waals surface area contributed by atoms with Crippen molar-refractivity contribution in [3.63, 3.8) is 0 Å². The Labute approximate surface area is 80.7 Å². The maximum atomic E-state index is 11.2. The van der Waals surface area contributed by atoms with E-state index in [1.807, 2.05) is 0 Å². The molecule has 0 saturated carbocycles. The van der Waals surface area contributed by atoms with Crippen molar-refractivity contribution in [1.29, 1.82) is 0 Å². The van der Waals surface area contributed by atoms with Crippen LogP contribution in [0, 0.1) is 5.92 Å². The lowest BCUT2D eigenvalue weighted by Crippen LogP contribution is -2.18.